The minimum atomic E-state index is 0.0708. The molecule has 2 aromatic carbocycles. The number of rotatable bonds is 7. The zero-order chi connectivity index (χ0) is 22.5. The summed E-state index contributed by atoms with van der Waals surface area (Å²) in [6.45, 7) is 0. The largest absolute Gasteiger partial charge is 0.497 e. The van der Waals surface area contributed by atoms with E-state index in [9.17, 15) is 4.79 Å². The van der Waals surface area contributed by atoms with Gasteiger partial charge in [-0.3, -0.25) is 4.79 Å². The highest BCUT2D eigenvalue weighted by atomic mass is 16.5. The number of hydrogen-bond acceptors (Lipinski definition) is 5. The molecular weight excluding hydrogens is 400 g/mol. The normalized spacial score (nSPS) is 18.2. The van der Waals surface area contributed by atoms with Gasteiger partial charge in [-0.05, 0) is 49.4 Å². The molecule has 1 aromatic heterocycles. The van der Waals surface area contributed by atoms with E-state index < -0.39 is 0 Å². The molecule has 0 bridgehead atoms. The van der Waals surface area contributed by atoms with Gasteiger partial charge in [0.2, 0.25) is 5.91 Å². The minimum absolute atomic E-state index is 0.0708. The Balaban J connectivity index is 1.31. The second-order valence-corrected chi connectivity index (χ2v) is 8.73. The molecule has 168 valence electrons. The number of pyridine rings is 1. The molecule has 0 unspecified atom stereocenters. The number of para-hydroxylation sites is 1. The standard InChI is InChI=1S/C26H32N4O2/c1-30(2)24-17-25(29-23-10-5-4-9-22(23)24)27-19-11-13-20(14-12-19)28-26(31)16-18-7-6-8-21(15-18)32-3/h4-10,15,17,19-20H,11-14,16H2,1-3H3,(H,27,29)(H,28,31)/t19-,20+. The van der Waals surface area contributed by atoms with E-state index in [1.165, 1.54) is 0 Å². The Morgan fingerprint density at radius 2 is 1.78 bits per heavy atom. The van der Waals surface area contributed by atoms with Crippen LogP contribution in [0.15, 0.2) is 54.6 Å². The zero-order valence-corrected chi connectivity index (χ0v) is 19.1. The maximum atomic E-state index is 12.5. The first kappa shape index (κ1) is 21.9. The fourth-order valence-electron chi connectivity index (χ4n) is 4.44. The summed E-state index contributed by atoms with van der Waals surface area (Å²) >= 11 is 0. The van der Waals surface area contributed by atoms with Crippen molar-refractivity contribution in [1.82, 2.24) is 10.3 Å². The second kappa shape index (κ2) is 9.90. The van der Waals surface area contributed by atoms with Gasteiger partial charge in [0.05, 0.1) is 19.0 Å². The molecule has 0 aliphatic heterocycles. The van der Waals surface area contributed by atoms with Gasteiger partial charge in [0.15, 0.2) is 0 Å². The maximum Gasteiger partial charge on any atom is 0.224 e. The van der Waals surface area contributed by atoms with Gasteiger partial charge in [0, 0.05) is 43.3 Å². The molecule has 4 rings (SSSR count). The fraction of sp³-hybridized carbons (Fsp3) is 0.385. The van der Waals surface area contributed by atoms with Crippen molar-refractivity contribution in [3.8, 4) is 5.75 Å². The van der Waals surface area contributed by atoms with E-state index in [2.05, 4.69) is 47.8 Å². The van der Waals surface area contributed by atoms with Crippen molar-refractivity contribution < 1.29 is 9.53 Å². The van der Waals surface area contributed by atoms with E-state index in [1.807, 2.05) is 36.4 Å². The summed E-state index contributed by atoms with van der Waals surface area (Å²) in [5.41, 5.74) is 3.13. The van der Waals surface area contributed by atoms with E-state index in [0.29, 0.717) is 12.5 Å². The lowest BCUT2D eigenvalue weighted by molar-refractivity contribution is -0.121. The summed E-state index contributed by atoms with van der Waals surface area (Å²) in [5.74, 6) is 1.76. The van der Waals surface area contributed by atoms with Gasteiger partial charge >= 0.3 is 0 Å². The Morgan fingerprint density at radius 1 is 1.03 bits per heavy atom. The number of amides is 1. The molecule has 0 radical (unpaired) electrons. The summed E-state index contributed by atoms with van der Waals surface area (Å²) in [4.78, 5) is 19.4. The molecule has 2 N–H and O–H groups in total. The van der Waals surface area contributed by atoms with Crippen molar-refractivity contribution in [1.29, 1.82) is 0 Å². The molecule has 6 heteroatoms. The van der Waals surface area contributed by atoms with Crippen molar-refractivity contribution in [2.75, 3.05) is 31.4 Å². The van der Waals surface area contributed by atoms with E-state index in [4.69, 9.17) is 9.72 Å². The number of hydrogen-bond donors (Lipinski definition) is 2. The number of nitrogens with one attached hydrogen (secondary N) is 2. The van der Waals surface area contributed by atoms with Crippen LogP contribution in [-0.4, -0.2) is 44.2 Å². The highest BCUT2D eigenvalue weighted by Gasteiger charge is 2.23. The summed E-state index contributed by atoms with van der Waals surface area (Å²) in [6.07, 6.45) is 4.33. The smallest absolute Gasteiger partial charge is 0.224 e. The van der Waals surface area contributed by atoms with Crippen LogP contribution in [0.3, 0.4) is 0 Å². The second-order valence-electron chi connectivity index (χ2n) is 8.73. The maximum absolute atomic E-state index is 12.5. The highest BCUT2D eigenvalue weighted by Crippen LogP contribution is 2.29. The number of fused-ring (bicyclic) bond motifs is 1. The van der Waals surface area contributed by atoms with Crippen LogP contribution < -0.4 is 20.3 Å². The topological polar surface area (TPSA) is 66.5 Å². The van der Waals surface area contributed by atoms with Gasteiger partial charge in [0.25, 0.3) is 0 Å². The molecule has 1 saturated carbocycles. The van der Waals surface area contributed by atoms with Gasteiger partial charge in [-0.2, -0.15) is 0 Å². The third-order valence-corrected chi connectivity index (χ3v) is 6.12. The van der Waals surface area contributed by atoms with Crippen molar-refractivity contribution >= 4 is 28.3 Å². The molecule has 1 fully saturated rings. The Kier molecular flexibility index (Phi) is 6.78. The molecule has 0 saturated heterocycles. The van der Waals surface area contributed by atoms with Gasteiger partial charge in [0.1, 0.15) is 11.6 Å². The van der Waals surface area contributed by atoms with Crippen molar-refractivity contribution in [2.45, 2.75) is 44.2 Å². The van der Waals surface area contributed by atoms with Crippen LogP contribution >= 0.6 is 0 Å². The fourth-order valence-corrected chi connectivity index (χ4v) is 4.44. The molecule has 1 amide bonds. The summed E-state index contributed by atoms with van der Waals surface area (Å²) in [6, 6.07) is 18.7. The predicted octanol–water partition coefficient (Wildman–Crippen LogP) is 4.39. The summed E-state index contributed by atoms with van der Waals surface area (Å²) < 4.78 is 5.24. The number of carbonyl (C=O) groups excluding carboxylic acids is 1. The summed E-state index contributed by atoms with van der Waals surface area (Å²) in [5, 5.41) is 8.00. The minimum Gasteiger partial charge on any atom is -0.497 e. The van der Waals surface area contributed by atoms with Crippen molar-refractivity contribution in [2.24, 2.45) is 0 Å². The van der Waals surface area contributed by atoms with Crippen LogP contribution in [0.4, 0.5) is 11.5 Å². The molecule has 32 heavy (non-hydrogen) atoms. The quantitative estimate of drug-likeness (QED) is 0.580. The lowest BCUT2D eigenvalue weighted by Gasteiger charge is -2.30. The van der Waals surface area contributed by atoms with Crippen LogP contribution in [-0.2, 0) is 11.2 Å². The molecule has 1 aliphatic carbocycles. The molecule has 3 aromatic rings. The lowest BCUT2D eigenvalue weighted by Crippen LogP contribution is -2.40. The van der Waals surface area contributed by atoms with Crippen LogP contribution in [0.5, 0.6) is 5.75 Å². The third kappa shape index (κ3) is 5.31. The van der Waals surface area contributed by atoms with Crippen molar-refractivity contribution in [3.63, 3.8) is 0 Å². The molecule has 1 aliphatic rings. The van der Waals surface area contributed by atoms with Crippen LogP contribution in [0.25, 0.3) is 10.9 Å². The Morgan fingerprint density at radius 3 is 2.53 bits per heavy atom. The predicted molar refractivity (Wildman–Crippen MR) is 131 cm³/mol. The number of methoxy groups -OCH3 is 1. The average molecular weight is 433 g/mol. The first-order chi connectivity index (χ1) is 15.5. The van der Waals surface area contributed by atoms with E-state index >= 15 is 0 Å². The number of nitrogens with zero attached hydrogens (tertiary/aromatic N) is 2. The number of carbonyl (C=O) groups is 1. The number of benzene rings is 2. The van der Waals surface area contributed by atoms with E-state index in [0.717, 1.165) is 59.4 Å². The zero-order valence-electron chi connectivity index (χ0n) is 19.1. The number of anilines is 2. The third-order valence-electron chi connectivity index (χ3n) is 6.12. The first-order valence-corrected chi connectivity index (χ1v) is 11.3. The van der Waals surface area contributed by atoms with E-state index in [-0.39, 0.29) is 11.9 Å². The Labute approximate surface area is 190 Å². The monoisotopic (exact) mass is 432 g/mol. The van der Waals surface area contributed by atoms with Crippen LogP contribution in [0, 0.1) is 0 Å². The summed E-state index contributed by atoms with van der Waals surface area (Å²) in [7, 11) is 5.76. The van der Waals surface area contributed by atoms with Gasteiger partial charge < -0.3 is 20.3 Å². The van der Waals surface area contributed by atoms with Gasteiger partial charge in [-0.15, -0.1) is 0 Å². The van der Waals surface area contributed by atoms with Crippen LogP contribution in [0.2, 0.25) is 0 Å². The number of aromatic nitrogens is 1. The average Bonchev–Trinajstić information content (AvgIpc) is 2.80. The first-order valence-electron chi connectivity index (χ1n) is 11.3. The molecule has 6 nitrogen and oxygen atoms in total. The Hall–Kier alpha value is -3.28. The van der Waals surface area contributed by atoms with E-state index in [1.54, 1.807) is 7.11 Å². The lowest BCUT2D eigenvalue weighted by atomic mass is 9.91. The molecule has 1 heterocycles. The van der Waals surface area contributed by atoms with Crippen LogP contribution in [0.1, 0.15) is 31.2 Å². The highest BCUT2D eigenvalue weighted by molar-refractivity contribution is 5.93. The molecule has 0 spiro atoms. The Bertz CT molecular complexity index is 1070. The molecular formula is C26H32N4O2. The SMILES string of the molecule is COc1cccc(CC(=O)N[C@H]2CC[C@@H](Nc3cc(N(C)C)c4ccccc4n3)CC2)c1. The number of ether oxygens (including phenoxy) is 1. The van der Waals surface area contributed by atoms with Gasteiger partial charge in [-0.1, -0.05) is 30.3 Å². The van der Waals surface area contributed by atoms with Gasteiger partial charge in [-0.25, -0.2) is 4.98 Å². The van der Waals surface area contributed by atoms with Crippen molar-refractivity contribution in [3.05, 3.63) is 60.2 Å². The molecule has 0 atom stereocenters.